The van der Waals surface area contributed by atoms with Gasteiger partial charge in [0.05, 0.1) is 10.7 Å². The molecule has 1 heterocycles. The minimum absolute atomic E-state index is 0.276. The fraction of sp³-hybridized carbons (Fsp3) is 0.909. The standard InChI is InChI=1S/C11H22N2O2S2/c1-2-8-17(14,15)9-7-13-5-3-10(4-6-13)11(12)16/h10H,2-9H2,1H3,(H2,12,16). The highest BCUT2D eigenvalue weighted by Crippen LogP contribution is 2.17. The van der Waals surface area contributed by atoms with E-state index in [2.05, 4.69) is 4.90 Å². The lowest BCUT2D eigenvalue weighted by Gasteiger charge is -2.31. The number of sulfone groups is 1. The molecular weight excluding hydrogens is 256 g/mol. The Balaban J connectivity index is 2.29. The Morgan fingerprint density at radius 3 is 2.41 bits per heavy atom. The summed E-state index contributed by atoms with van der Waals surface area (Å²) < 4.78 is 23.2. The molecule has 17 heavy (non-hydrogen) atoms. The molecule has 0 amide bonds. The van der Waals surface area contributed by atoms with Gasteiger partial charge < -0.3 is 10.6 Å². The molecule has 0 atom stereocenters. The Bertz CT molecular complexity index is 346. The predicted octanol–water partition coefficient (Wildman–Crippen LogP) is 0.809. The van der Waals surface area contributed by atoms with Crippen molar-refractivity contribution in [1.82, 2.24) is 4.90 Å². The fourth-order valence-electron chi connectivity index (χ4n) is 2.12. The number of rotatable bonds is 6. The summed E-state index contributed by atoms with van der Waals surface area (Å²) in [6.45, 7) is 4.35. The normalized spacial score (nSPS) is 19.4. The van der Waals surface area contributed by atoms with Crippen LogP contribution in [0.3, 0.4) is 0 Å². The zero-order valence-electron chi connectivity index (χ0n) is 10.4. The molecule has 0 aromatic carbocycles. The Morgan fingerprint density at radius 2 is 1.94 bits per heavy atom. The Labute approximate surface area is 109 Å². The number of thiocarbonyl (C=S) groups is 1. The molecule has 1 aliphatic heterocycles. The summed E-state index contributed by atoms with van der Waals surface area (Å²) in [4.78, 5) is 2.80. The number of nitrogens with two attached hydrogens (primary N) is 1. The first kappa shape index (κ1) is 14.9. The van der Waals surface area contributed by atoms with Gasteiger partial charge in [-0.25, -0.2) is 8.42 Å². The van der Waals surface area contributed by atoms with Gasteiger partial charge in [-0.15, -0.1) is 0 Å². The topological polar surface area (TPSA) is 63.4 Å². The van der Waals surface area contributed by atoms with Gasteiger partial charge in [-0.05, 0) is 32.4 Å². The molecule has 1 aliphatic rings. The highest BCUT2D eigenvalue weighted by Gasteiger charge is 2.22. The highest BCUT2D eigenvalue weighted by atomic mass is 32.2. The quantitative estimate of drug-likeness (QED) is 0.729. The average Bonchev–Trinajstić information content (AvgIpc) is 2.27. The van der Waals surface area contributed by atoms with E-state index in [1.54, 1.807) is 0 Å². The number of likely N-dealkylation sites (tertiary alicyclic amines) is 1. The minimum Gasteiger partial charge on any atom is -0.393 e. The van der Waals surface area contributed by atoms with Crippen LogP contribution in [0.15, 0.2) is 0 Å². The van der Waals surface area contributed by atoms with Gasteiger partial charge in [0, 0.05) is 18.2 Å². The molecule has 0 unspecified atom stereocenters. The van der Waals surface area contributed by atoms with Gasteiger partial charge in [0.25, 0.3) is 0 Å². The fourth-order valence-corrected chi connectivity index (χ4v) is 3.72. The van der Waals surface area contributed by atoms with Gasteiger partial charge in [0.15, 0.2) is 9.84 Å². The molecular formula is C11H22N2O2S2. The van der Waals surface area contributed by atoms with Crippen molar-refractivity contribution >= 4 is 27.0 Å². The second-order valence-electron chi connectivity index (χ2n) is 4.67. The van der Waals surface area contributed by atoms with Crippen LogP contribution in [0, 0.1) is 5.92 Å². The van der Waals surface area contributed by atoms with Crippen LogP contribution in [-0.2, 0) is 9.84 Å². The zero-order chi connectivity index (χ0) is 12.9. The van der Waals surface area contributed by atoms with Crippen molar-refractivity contribution in [3.05, 3.63) is 0 Å². The summed E-state index contributed by atoms with van der Waals surface area (Å²) >= 11 is 4.98. The van der Waals surface area contributed by atoms with E-state index in [1.807, 2.05) is 6.92 Å². The average molecular weight is 278 g/mol. The molecule has 0 aliphatic carbocycles. The molecule has 0 spiro atoms. The van der Waals surface area contributed by atoms with E-state index in [0.29, 0.717) is 29.6 Å². The van der Waals surface area contributed by atoms with Crippen molar-refractivity contribution in [2.75, 3.05) is 31.1 Å². The Kier molecular flexibility index (Phi) is 5.82. The van der Waals surface area contributed by atoms with Crippen molar-refractivity contribution in [1.29, 1.82) is 0 Å². The second-order valence-corrected chi connectivity index (χ2v) is 7.45. The van der Waals surface area contributed by atoms with Crippen LogP contribution in [0.2, 0.25) is 0 Å². The largest absolute Gasteiger partial charge is 0.393 e. The number of nitrogens with zero attached hydrogens (tertiary/aromatic N) is 1. The third-order valence-electron chi connectivity index (χ3n) is 3.22. The summed E-state index contributed by atoms with van der Waals surface area (Å²) in [5.41, 5.74) is 5.61. The van der Waals surface area contributed by atoms with Gasteiger partial charge in [-0.2, -0.15) is 0 Å². The molecule has 1 rings (SSSR count). The smallest absolute Gasteiger partial charge is 0.151 e. The van der Waals surface area contributed by atoms with Crippen LogP contribution >= 0.6 is 12.2 Å². The maximum Gasteiger partial charge on any atom is 0.151 e. The van der Waals surface area contributed by atoms with E-state index in [9.17, 15) is 8.42 Å². The lowest BCUT2D eigenvalue weighted by molar-refractivity contribution is 0.220. The predicted molar refractivity (Wildman–Crippen MR) is 74.9 cm³/mol. The van der Waals surface area contributed by atoms with Crippen LogP contribution in [-0.4, -0.2) is 49.4 Å². The Hall–Kier alpha value is -0.200. The van der Waals surface area contributed by atoms with E-state index in [0.717, 1.165) is 25.9 Å². The number of hydrogen-bond acceptors (Lipinski definition) is 4. The maximum atomic E-state index is 11.6. The molecule has 6 heteroatoms. The molecule has 0 aromatic rings. The lowest BCUT2D eigenvalue weighted by atomic mass is 9.97. The lowest BCUT2D eigenvalue weighted by Crippen LogP contribution is -2.40. The number of hydrogen-bond donors (Lipinski definition) is 1. The summed E-state index contributed by atoms with van der Waals surface area (Å²) in [6, 6.07) is 0. The molecule has 0 saturated carbocycles. The van der Waals surface area contributed by atoms with E-state index in [1.165, 1.54) is 0 Å². The first-order chi connectivity index (χ1) is 7.94. The number of piperidine rings is 1. The summed E-state index contributed by atoms with van der Waals surface area (Å²) in [5.74, 6) is 0.920. The van der Waals surface area contributed by atoms with Crippen molar-refractivity contribution in [3.63, 3.8) is 0 Å². The van der Waals surface area contributed by atoms with E-state index < -0.39 is 9.84 Å². The SMILES string of the molecule is CCCS(=O)(=O)CCN1CCC(C(N)=S)CC1. The van der Waals surface area contributed by atoms with E-state index in [-0.39, 0.29) is 5.75 Å². The maximum absolute atomic E-state index is 11.6. The van der Waals surface area contributed by atoms with Gasteiger partial charge in [0.2, 0.25) is 0 Å². The molecule has 0 radical (unpaired) electrons. The van der Waals surface area contributed by atoms with Crippen LogP contribution in [0.25, 0.3) is 0 Å². The molecule has 4 nitrogen and oxygen atoms in total. The van der Waals surface area contributed by atoms with Crippen LogP contribution in [0.5, 0.6) is 0 Å². The molecule has 1 fully saturated rings. The monoisotopic (exact) mass is 278 g/mol. The van der Waals surface area contributed by atoms with Gasteiger partial charge in [-0.3, -0.25) is 0 Å². The molecule has 2 N–H and O–H groups in total. The van der Waals surface area contributed by atoms with E-state index in [4.69, 9.17) is 18.0 Å². The summed E-state index contributed by atoms with van der Waals surface area (Å²) in [5, 5.41) is 0. The van der Waals surface area contributed by atoms with Crippen molar-refractivity contribution in [2.24, 2.45) is 11.7 Å². The molecule has 1 saturated heterocycles. The van der Waals surface area contributed by atoms with Crippen LogP contribution in [0.1, 0.15) is 26.2 Å². The van der Waals surface area contributed by atoms with Crippen LogP contribution in [0.4, 0.5) is 0 Å². The van der Waals surface area contributed by atoms with Crippen LogP contribution < -0.4 is 5.73 Å². The first-order valence-corrected chi connectivity index (χ1v) is 8.39. The summed E-state index contributed by atoms with van der Waals surface area (Å²) in [6.07, 6.45) is 2.62. The molecule has 0 aromatic heterocycles. The summed E-state index contributed by atoms with van der Waals surface area (Å²) in [7, 11) is -2.85. The van der Waals surface area contributed by atoms with Crippen molar-refractivity contribution in [2.45, 2.75) is 26.2 Å². The third kappa shape index (κ3) is 5.31. The first-order valence-electron chi connectivity index (χ1n) is 6.16. The molecule has 100 valence electrons. The van der Waals surface area contributed by atoms with Crippen molar-refractivity contribution < 1.29 is 8.42 Å². The van der Waals surface area contributed by atoms with E-state index >= 15 is 0 Å². The second kappa shape index (κ2) is 6.66. The zero-order valence-corrected chi connectivity index (χ0v) is 12.0. The van der Waals surface area contributed by atoms with Gasteiger partial charge in [0.1, 0.15) is 0 Å². The highest BCUT2D eigenvalue weighted by molar-refractivity contribution is 7.91. The Morgan fingerprint density at radius 1 is 1.35 bits per heavy atom. The van der Waals surface area contributed by atoms with Crippen molar-refractivity contribution in [3.8, 4) is 0 Å². The molecule has 0 bridgehead atoms. The van der Waals surface area contributed by atoms with Gasteiger partial charge in [-0.1, -0.05) is 19.1 Å². The third-order valence-corrected chi connectivity index (χ3v) is 5.39. The van der Waals surface area contributed by atoms with Gasteiger partial charge >= 0.3 is 0 Å². The minimum atomic E-state index is -2.85.